The Morgan fingerprint density at radius 2 is 1.90 bits per heavy atom. The predicted octanol–water partition coefficient (Wildman–Crippen LogP) is 2.07. The fraction of sp³-hybridized carbons (Fsp3) is 0.0833. The molecule has 0 saturated carbocycles. The number of rotatable bonds is 5. The highest BCUT2D eigenvalue weighted by Crippen LogP contribution is 2.27. The van der Waals surface area contributed by atoms with Crippen LogP contribution >= 0.6 is 0 Å². The van der Waals surface area contributed by atoms with Crippen molar-refractivity contribution in [3.8, 4) is 5.75 Å². The highest BCUT2D eigenvalue weighted by Gasteiger charge is 2.18. The molecule has 3 N–H and O–H groups in total. The van der Waals surface area contributed by atoms with Gasteiger partial charge in [-0.1, -0.05) is 12.1 Å². The van der Waals surface area contributed by atoms with E-state index in [-0.39, 0.29) is 22.2 Å². The first-order valence-corrected chi connectivity index (χ1v) is 7.15. The fourth-order valence-electron chi connectivity index (χ4n) is 1.50. The molecule has 0 unspecified atom stereocenters. The van der Waals surface area contributed by atoms with Crippen molar-refractivity contribution in [3.05, 3.63) is 42.6 Å². The Hall–Kier alpha value is -2.42. The summed E-state index contributed by atoms with van der Waals surface area (Å²) in [5, 5.41) is 0. The third-order valence-corrected chi connectivity index (χ3v) is 3.77. The highest BCUT2D eigenvalue weighted by atomic mass is 32.2. The summed E-state index contributed by atoms with van der Waals surface area (Å²) in [7, 11) is -3.98. The van der Waals surface area contributed by atoms with Crippen molar-refractivity contribution >= 4 is 21.5 Å². The van der Waals surface area contributed by atoms with Crippen LogP contribution in [0, 0.1) is 0 Å². The number of nitrogens with zero attached hydrogens (tertiary/aromatic N) is 1. The summed E-state index contributed by atoms with van der Waals surface area (Å²) in [5.41, 5.74) is 5.27. The van der Waals surface area contributed by atoms with Crippen molar-refractivity contribution < 1.29 is 21.9 Å². The second-order valence-electron chi connectivity index (χ2n) is 3.90. The zero-order valence-electron chi connectivity index (χ0n) is 10.5. The van der Waals surface area contributed by atoms with Crippen LogP contribution < -0.4 is 15.2 Å². The molecule has 0 fully saturated rings. The normalized spacial score (nSPS) is 11.4. The molecule has 1 aromatic carbocycles. The van der Waals surface area contributed by atoms with E-state index in [1.807, 2.05) is 0 Å². The maximum atomic E-state index is 12.3. The highest BCUT2D eigenvalue weighted by molar-refractivity contribution is 7.92. The molecule has 0 aliphatic carbocycles. The van der Waals surface area contributed by atoms with Gasteiger partial charge in [0.25, 0.3) is 10.0 Å². The Morgan fingerprint density at radius 3 is 2.52 bits per heavy atom. The third-order valence-electron chi connectivity index (χ3n) is 2.42. The van der Waals surface area contributed by atoms with E-state index in [1.54, 1.807) is 0 Å². The molecule has 0 atom stereocenters. The van der Waals surface area contributed by atoms with Gasteiger partial charge in [0, 0.05) is 6.20 Å². The second kappa shape index (κ2) is 5.92. The van der Waals surface area contributed by atoms with Gasteiger partial charge in [0.2, 0.25) is 0 Å². The first-order valence-electron chi connectivity index (χ1n) is 5.67. The summed E-state index contributed by atoms with van der Waals surface area (Å²) in [5.74, 6) is -0.116. The van der Waals surface area contributed by atoms with Gasteiger partial charge >= 0.3 is 6.61 Å². The summed E-state index contributed by atoms with van der Waals surface area (Å²) in [6.07, 6.45) is 1.06. The molecule has 0 spiro atoms. The SMILES string of the molecule is Nc1ccc(S(=O)(=O)Nc2ccccc2OC(F)F)cn1. The van der Waals surface area contributed by atoms with E-state index in [4.69, 9.17) is 5.73 Å². The average Bonchev–Trinajstić information content (AvgIpc) is 2.40. The van der Waals surface area contributed by atoms with E-state index < -0.39 is 16.6 Å². The van der Waals surface area contributed by atoms with Gasteiger partial charge in [0.1, 0.15) is 16.5 Å². The van der Waals surface area contributed by atoms with Crippen LogP contribution in [0.15, 0.2) is 47.5 Å². The number of hydrogen-bond acceptors (Lipinski definition) is 5. The molecule has 0 aliphatic rings. The van der Waals surface area contributed by atoms with Gasteiger partial charge in [0.15, 0.2) is 0 Å². The van der Waals surface area contributed by atoms with Gasteiger partial charge in [-0.3, -0.25) is 4.72 Å². The minimum absolute atomic E-state index is 0.102. The largest absolute Gasteiger partial charge is 0.433 e. The van der Waals surface area contributed by atoms with E-state index in [9.17, 15) is 17.2 Å². The number of hydrogen-bond donors (Lipinski definition) is 2. The Balaban J connectivity index is 2.30. The first kappa shape index (κ1) is 15.0. The number of aromatic nitrogens is 1. The third kappa shape index (κ3) is 3.78. The number of anilines is 2. The molecular weight excluding hydrogens is 304 g/mol. The van der Waals surface area contributed by atoms with E-state index in [2.05, 4.69) is 14.4 Å². The van der Waals surface area contributed by atoms with Crippen LogP contribution in [0.25, 0.3) is 0 Å². The fourth-order valence-corrected chi connectivity index (χ4v) is 2.52. The van der Waals surface area contributed by atoms with Crippen LogP contribution in [0.5, 0.6) is 5.75 Å². The molecule has 2 aromatic rings. The molecule has 1 aromatic heterocycles. The number of sulfonamides is 1. The number of pyridine rings is 1. The quantitative estimate of drug-likeness (QED) is 0.881. The van der Waals surface area contributed by atoms with E-state index in [0.29, 0.717) is 0 Å². The molecule has 0 bridgehead atoms. The number of alkyl halides is 2. The Bertz CT molecular complexity index is 721. The van der Waals surface area contributed by atoms with Crippen molar-refractivity contribution in [1.82, 2.24) is 4.98 Å². The van der Waals surface area contributed by atoms with Crippen LogP contribution in [0.2, 0.25) is 0 Å². The lowest BCUT2D eigenvalue weighted by Crippen LogP contribution is -2.15. The standard InChI is InChI=1S/C12H11F2N3O3S/c13-12(14)20-10-4-2-1-3-9(10)17-21(18,19)8-5-6-11(15)16-7-8/h1-7,12,17H,(H2,15,16). The van der Waals surface area contributed by atoms with Gasteiger partial charge in [0.05, 0.1) is 5.69 Å². The lowest BCUT2D eigenvalue weighted by Gasteiger charge is -2.12. The summed E-state index contributed by atoms with van der Waals surface area (Å²) >= 11 is 0. The average molecular weight is 315 g/mol. The van der Waals surface area contributed by atoms with Crippen LogP contribution in [0.3, 0.4) is 0 Å². The molecule has 1 heterocycles. The molecule has 6 nitrogen and oxygen atoms in total. The summed E-state index contributed by atoms with van der Waals surface area (Å²) in [6, 6.07) is 8.03. The van der Waals surface area contributed by atoms with Gasteiger partial charge in [-0.05, 0) is 24.3 Å². The first-order chi connectivity index (χ1) is 9.88. The van der Waals surface area contributed by atoms with E-state index >= 15 is 0 Å². The van der Waals surface area contributed by atoms with Crippen LogP contribution in [0.4, 0.5) is 20.3 Å². The number of nitrogen functional groups attached to an aromatic ring is 1. The van der Waals surface area contributed by atoms with Gasteiger partial charge < -0.3 is 10.5 Å². The maximum Gasteiger partial charge on any atom is 0.387 e. The molecule has 0 amide bonds. The zero-order valence-corrected chi connectivity index (χ0v) is 11.3. The number of nitrogens with one attached hydrogen (secondary N) is 1. The van der Waals surface area contributed by atoms with Crippen molar-refractivity contribution in [2.45, 2.75) is 11.5 Å². The molecule has 0 radical (unpaired) electrons. The number of halogens is 2. The zero-order chi connectivity index (χ0) is 15.5. The Morgan fingerprint density at radius 1 is 1.19 bits per heavy atom. The number of nitrogens with two attached hydrogens (primary N) is 1. The summed E-state index contributed by atoms with van der Waals surface area (Å²) in [6.45, 7) is -3.06. The minimum atomic E-state index is -3.98. The van der Waals surface area contributed by atoms with Gasteiger partial charge in [-0.2, -0.15) is 8.78 Å². The molecule has 2 rings (SSSR count). The maximum absolute atomic E-state index is 12.3. The van der Waals surface area contributed by atoms with E-state index in [0.717, 1.165) is 6.20 Å². The van der Waals surface area contributed by atoms with Crippen LogP contribution in [-0.4, -0.2) is 20.0 Å². The number of para-hydroxylation sites is 2. The van der Waals surface area contributed by atoms with Gasteiger partial charge in [-0.15, -0.1) is 0 Å². The van der Waals surface area contributed by atoms with Gasteiger partial charge in [-0.25, -0.2) is 13.4 Å². The minimum Gasteiger partial charge on any atom is -0.433 e. The molecular formula is C12H11F2N3O3S. The molecule has 21 heavy (non-hydrogen) atoms. The van der Waals surface area contributed by atoms with Crippen molar-refractivity contribution in [1.29, 1.82) is 0 Å². The molecule has 0 aliphatic heterocycles. The topological polar surface area (TPSA) is 94.3 Å². The molecule has 0 saturated heterocycles. The van der Waals surface area contributed by atoms with Crippen molar-refractivity contribution in [2.75, 3.05) is 10.5 Å². The van der Waals surface area contributed by atoms with Crippen LogP contribution in [-0.2, 0) is 10.0 Å². The lowest BCUT2D eigenvalue weighted by atomic mass is 10.3. The summed E-state index contributed by atoms with van der Waals surface area (Å²) in [4.78, 5) is 3.52. The molecule has 112 valence electrons. The predicted molar refractivity (Wildman–Crippen MR) is 72.5 cm³/mol. The lowest BCUT2D eigenvalue weighted by molar-refractivity contribution is -0.0493. The summed E-state index contributed by atoms with van der Waals surface area (Å²) < 4.78 is 55.2. The number of benzene rings is 1. The second-order valence-corrected chi connectivity index (χ2v) is 5.58. The molecule has 9 heteroatoms. The van der Waals surface area contributed by atoms with Crippen molar-refractivity contribution in [3.63, 3.8) is 0 Å². The Labute approximate surface area is 119 Å². The van der Waals surface area contributed by atoms with Crippen molar-refractivity contribution in [2.24, 2.45) is 0 Å². The number of ether oxygens (including phenoxy) is 1. The van der Waals surface area contributed by atoms with E-state index in [1.165, 1.54) is 36.4 Å². The monoisotopic (exact) mass is 315 g/mol. The van der Waals surface area contributed by atoms with Crippen LogP contribution in [0.1, 0.15) is 0 Å². The Kier molecular flexibility index (Phi) is 4.22. The smallest absolute Gasteiger partial charge is 0.387 e.